The lowest BCUT2D eigenvalue weighted by Crippen LogP contribution is -2.30. The Bertz CT molecular complexity index is 897. The van der Waals surface area contributed by atoms with Crippen LogP contribution in [0.4, 0.5) is 0 Å². The van der Waals surface area contributed by atoms with Crippen LogP contribution < -0.4 is 0 Å². The molecule has 2 heterocycles. The number of aromatic nitrogens is 2. The van der Waals surface area contributed by atoms with Crippen LogP contribution in [0.3, 0.4) is 0 Å². The monoisotopic (exact) mass is 323 g/mol. The number of fused-ring (bicyclic) bond motifs is 1. The van der Waals surface area contributed by atoms with Gasteiger partial charge in [0.15, 0.2) is 0 Å². The molecule has 0 fully saturated rings. The standard InChI is InChI=1S/C19H21N3O2/c1-11-6-8-15(9-7-11)14(4)22(5)19(23)16-10-12(2)20-18-17(16)13(3)21-24-18/h6-10,14H,1-5H3. The van der Waals surface area contributed by atoms with Gasteiger partial charge >= 0.3 is 0 Å². The minimum Gasteiger partial charge on any atom is -0.336 e. The minimum atomic E-state index is -0.0649. The molecule has 3 rings (SSSR count). The fourth-order valence-corrected chi connectivity index (χ4v) is 2.82. The average molecular weight is 323 g/mol. The van der Waals surface area contributed by atoms with E-state index in [-0.39, 0.29) is 11.9 Å². The van der Waals surface area contributed by atoms with E-state index in [1.54, 1.807) is 11.0 Å². The predicted molar refractivity (Wildman–Crippen MR) is 93.0 cm³/mol. The average Bonchev–Trinajstić information content (AvgIpc) is 2.93. The molecule has 1 aromatic carbocycles. The van der Waals surface area contributed by atoms with E-state index >= 15 is 0 Å². The second kappa shape index (κ2) is 6.07. The van der Waals surface area contributed by atoms with Crippen molar-refractivity contribution in [3.63, 3.8) is 0 Å². The highest BCUT2D eigenvalue weighted by atomic mass is 16.5. The largest absolute Gasteiger partial charge is 0.336 e. The van der Waals surface area contributed by atoms with E-state index in [2.05, 4.69) is 41.3 Å². The Hall–Kier alpha value is -2.69. The highest BCUT2D eigenvalue weighted by molar-refractivity contribution is 6.06. The Balaban J connectivity index is 1.99. The molecule has 0 spiro atoms. The molecule has 0 saturated heterocycles. The Morgan fingerprint density at radius 1 is 1.17 bits per heavy atom. The molecule has 0 radical (unpaired) electrons. The third-order valence-corrected chi connectivity index (χ3v) is 4.44. The molecule has 0 saturated carbocycles. The van der Waals surface area contributed by atoms with E-state index in [0.717, 1.165) is 11.3 Å². The number of rotatable bonds is 3. The summed E-state index contributed by atoms with van der Waals surface area (Å²) in [6.07, 6.45) is 0. The van der Waals surface area contributed by atoms with E-state index in [9.17, 15) is 4.79 Å². The van der Waals surface area contributed by atoms with Crippen molar-refractivity contribution in [3.05, 3.63) is 58.4 Å². The molecule has 3 aromatic rings. The van der Waals surface area contributed by atoms with E-state index in [0.29, 0.717) is 22.4 Å². The van der Waals surface area contributed by atoms with Gasteiger partial charge in [-0.2, -0.15) is 0 Å². The van der Waals surface area contributed by atoms with E-state index < -0.39 is 0 Å². The van der Waals surface area contributed by atoms with Gasteiger partial charge in [0, 0.05) is 12.7 Å². The second-order valence-corrected chi connectivity index (χ2v) is 6.26. The number of carbonyl (C=O) groups is 1. The topological polar surface area (TPSA) is 59.2 Å². The zero-order valence-corrected chi connectivity index (χ0v) is 14.6. The van der Waals surface area contributed by atoms with Crippen LogP contribution in [0, 0.1) is 20.8 Å². The maximum Gasteiger partial charge on any atom is 0.258 e. The Morgan fingerprint density at radius 3 is 2.50 bits per heavy atom. The van der Waals surface area contributed by atoms with Gasteiger partial charge in [-0.15, -0.1) is 0 Å². The van der Waals surface area contributed by atoms with Gasteiger partial charge in [-0.25, -0.2) is 4.98 Å². The molecule has 0 N–H and O–H groups in total. The number of hydrogen-bond donors (Lipinski definition) is 0. The Kier molecular flexibility index (Phi) is 4.09. The fraction of sp³-hybridized carbons (Fsp3) is 0.316. The third kappa shape index (κ3) is 2.77. The highest BCUT2D eigenvalue weighted by Gasteiger charge is 2.24. The molecule has 124 valence electrons. The van der Waals surface area contributed by atoms with Crippen molar-refractivity contribution >= 4 is 17.0 Å². The number of amides is 1. The summed E-state index contributed by atoms with van der Waals surface area (Å²) in [5.41, 5.74) is 4.70. The maximum atomic E-state index is 13.1. The first-order valence-corrected chi connectivity index (χ1v) is 7.96. The van der Waals surface area contributed by atoms with E-state index in [1.807, 2.05) is 27.8 Å². The number of pyridine rings is 1. The summed E-state index contributed by atoms with van der Waals surface area (Å²) < 4.78 is 5.23. The van der Waals surface area contributed by atoms with Gasteiger partial charge in [0.25, 0.3) is 11.6 Å². The van der Waals surface area contributed by atoms with Crippen molar-refractivity contribution in [1.29, 1.82) is 0 Å². The van der Waals surface area contributed by atoms with Crippen molar-refractivity contribution in [2.75, 3.05) is 7.05 Å². The molecular weight excluding hydrogens is 302 g/mol. The molecule has 0 bridgehead atoms. The lowest BCUT2D eigenvalue weighted by atomic mass is 10.0. The quantitative estimate of drug-likeness (QED) is 0.731. The Morgan fingerprint density at radius 2 is 1.83 bits per heavy atom. The van der Waals surface area contributed by atoms with Gasteiger partial charge in [0.2, 0.25) is 0 Å². The van der Waals surface area contributed by atoms with Crippen molar-refractivity contribution in [2.45, 2.75) is 33.7 Å². The predicted octanol–water partition coefficient (Wildman–Crippen LogP) is 3.98. The number of benzene rings is 1. The molecule has 1 atom stereocenters. The summed E-state index contributed by atoms with van der Waals surface area (Å²) in [5.74, 6) is -0.0649. The van der Waals surface area contributed by atoms with Crippen LogP contribution in [0.2, 0.25) is 0 Å². The number of hydrogen-bond acceptors (Lipinski definition) is 4. The van der Waals surface area contributed by atoms with Crippen LogP contribution in [0.5, 0.6) is 0 Å². The second-order valence-electron chi connectivity index (χ2n) is 6.26. The zero-order chi connectivity index (χ0) is 17.4. The van der Waals surface area contributed by atoms with Crippen molar-refractivity contribution in [1.82, 2.24) is 15.0 Å². The van der Waals surface area contributed by atoms with Gasteiger partial charge in [-0.05, 0) is 39.3 Å². The molecule has 0 aliphatic heterocycles. The van der Waals surface area contributed by atoms with Crippen LogP contribution >= 0.6 is 0 Å². The first-order chi connectivity index (χ1) is 11.4. The Labute approximate surface area is 141 Å². The molecule has 1 amide bonds. The smallest absolute Gasteiger partial charge is 0.258 e. The number of nitrogens with zero attached hydrogens (tertiary/aromatic N) is 3. The summed E-state index contributed by atoms with van der Waals surface area (Å²) in [7, 11) is 1.82. The minimum absolute atomic E-state index is 0.0400. The first kappa shape index (κ1) is 16.2. The van der Waals surface area contributed by atoms with Gasteiger partial charge in [-0.3, -0.25) is 4.79 Å². The van der Waals surface area contributed by atoms with Crippen LogP contribution in [0.25, 0.3) is 11.1 Å². The number of carbonyl (C=O) groups excluding carboxylic acids is 1. The summed E-state index contributed by atoms with van der Waals surface area (Å²) in [6, 6.07) is 9.99. The summed E-state index contributed by atoms with van der Waals surface area (Å²) in [5, 5.41) is 4.63. The summed E-state index contributed by atoms with van der Waals surface area (Å²) in [6.45, 7) is 7.74. The van der Waals surface area contributed by atoms with E-state index in [4.69, 9.17) is 4.52 Å². The SMILES string of the molecule is Cc1ccc(C(C)N(C)C(=O)c2cc(C)nc3onc(C)c23)cc1. The highest BCUT2D eigenvalue weighted by Crippen LogP contribution is 2.26. The van der Waals surface area contributed by atoms with Gasteiger partial charge in [0.1, 0.15) is 0 Å². The lowest BCUT2D eigenvalue weighted by Gasteiger charge is -2.26. The fourth-order valence-electron chi connectivity index (χ4n) is 2.82. The zero-order valence-electron chi connectivity index (χ0n) is 14.6. The number of aryl methyl sites for hydroxylation is 3. The molecule has 24 heavy (non-hydrogen) atoms. The van der Waals surface area contributed by atoms with Crippen LogP contribution in [0.1, 0.15) is 45.8 Å². The van der Waals surface area contributed by atoms with Crippen molar-refractivity contribution in [2.24, 2.45) is 0 Å². The molecule has 0 aliphatic rings. The molecule has 5 heteroatoms. The molecule has 2 aromatic heterocycles. The van der Waals surface area contributed by atoms with Crippen LogP contribution in [-0.2, 0) is 0 Å². The first-order valence-electron chi connectivity index (χ1n) is 7.96. The molecule has 0 aliphatic carbocycles. The maximum absolute atomic E-state index is 13.1. The van der Waals surface area contributed by atoms with Gasteiger partial charge < -0.3 is 9.42 Å². The lowest BCUT2D eigenvalue weighted by molar-refractivity contribution is 0.0744. The summed E-state index contributed by atoms with van der Waals surface area (Å²) in [4.78, 5) is 19.1. The van der Waals surface area contributed by atoms with Gasteiger partial charge in [0.05, 0.1) is 22.7 Å². The molecule has 1 unspecified atom stereocenters. The van der Waals surface area contributed by atoms with Gasteiger partial charge in [-0.1, -0.05) is 35.0 Å². The summed E-state index contributed by atoms with van der Waals surface area (Å²) >= 11 is 0. The van der Waals surface area contributed by atoms with E-state index in [1.165, 1.54) is 5.56 Å². The van der Waals surface area contributed by atoms with Crippen LogP contribution in [-0.4, -0.2) is 28.0 Å². The van der Waals surface area contributed by atoms with Crippen molar-refractivity contribution < 1.29 is 9.32 Å². The molecule has 5 nitrogen and oxygen atoms in total. The van der Waals surface area contributed by atoms with Crippen molar-refractivity contribution in [3.8, 4) is 0 Å². The van der Waals surface area contributed by atoms with Crippen LogP contribution in [0.15, 0.2) is 34.9 Å². The third-order valence-electron chi connectivity index (χ3n) is 4.44. The molecular formula is C19H21N3O2. The normalized spacial score (nSPS) is 12.4.